The number of hydrogen-bond donors (Lipinski definition) is 0. The Labute approximate surface area is 94.8 Å². The smallest absolute Gasteiger partial charge is 0.0521 e. The Morgan fingerprint density at radius 3 is 2.71 bits per heavy atom. The fourth-order valence-electron chi connectivity index (χ4n) is 1.55. The highest BCUT2D eigenvalue weighted by molar-refractivity contribution is 9.09. The van der Waals surface area contributed by atoms with Gasteiger partial charge in [-0.3, -0.25) is 4.68 Å². The van der Waals surface area contributed by atoms with Crippen molar-refractivity contribution in [3.8, 4) is 0 Å². The van der Waals surface area contributed by atoms with Gasteiger partial charge in [-0.1, -0.05) is 29.8 Å². The van der Waals surface area contributed by atoms with Crippen LogP contribution in [0, 0.1) is 5.92 Å². The Morgan fingerprint density at radius 1 is 1.50 bits per heavy atom. The summed E-state index contributed by atoms with van der Waals surface area (Å²) in [6.07, 6.45) is 7.62. The molecular formula is C11H19BrN2. The van der Waals surface area contributed by atoms with E-state index in [4.69, 9.17) is 0 Å². The Kier molecular flexibility index (Phi) is 4.66. The average Bonchev–Trinajstić information content (AvgIpc) is 2.47. The van der Waals surface area contributed by atoms with E-state index in [1.54, 1.807) is 0 Å². The molecule has 0 aliphatic heterocycles. The van der Waals surface area contributed by atoms with Crippen molar-refractivity contribution in [1.82, 2.24) is 9.78 Å². The van der Waals surface area contributed by atoms with Crippen LogP contribution in [0.4, 0.5) is 0 Å². The van der Waals surface area contributed by atoms with E-state index in [2.05, 4.69) is 41.1 Å². The molecule has 0 spiro atoms. The van der Waals surface area contributed by atoms with Crippen LogP contribution in [0.3, 0.4) is 0 Å². The first kappa shape index (κ1) is 11.8. The molecule has 1 aromatic heterocycles. The van der Waals surface area contributed by atoms with Crippen molar-refractivity contribution in [2.75, 3.05) is 0 Å². The molecule has 0 fully saturated rings. The van der Waals surface area contributed by atoms with Crippen molar-refractivity contribution in [2.45, 2.75) is 37.9 Å². The molecule has 1 heterocycles. The van der Waals surface area contributed by atoms with Gasteiger partial charge in [0.2, 0.25) is 0 Å². The van der Waals surface area contributed by atoms with E-state index < -0.39 is 0 Å². The summed E-state index contributed by atoms with van der Waals surface area (Å²) in [4.78, 5) is 0.641. The normalized spacial score (nSPS) is 13.5. The third-order valence-corrected chi connectivity index (χ3v) is 3.06. The largest absolute Gasteiger partial charge is 0.276 e. The highest BCUT2D eigenvalue weighted by atomic mass is 79.9. The molecular weight excluding hydrogens is 240 g/mol. The van der Waals surface area contributed by atoms with E-state index in [9.17, 15) is 0 Å². The SMILES string of the molecule is CC(C)CC(Br)CCc1cnn(C)c1. The number of rotatable bonds is 5. The first-order valence-corrected chi connectivity index (χ1v) is 6.11. The summed E-state index contributed by atoms with van der Waals surface area (Å²) in [7, 11) is 1.96. The summed E-state index contributed by atoms with van der Waals surface area (Å²) >= 11 is 3.72. The van der Waals surface area contributed by atoms with Gasteiger partial charge in [0.15, 0.2) is 0 Å². The lowest BCUT2D eigenvalue weighted by molar-refractivity contribution is 0.554. The Hall–Kier alpha value is -0.310. The first-order valence-electron chi connectivity index (χ1n) is 5.19. The number of halogens is 1. The zero-order chi connectivity index (χ0) is 10.6. The fourth-order valence-corrected chi connectivity index (χ4v) is 2.53. The minimum atomic E-state index is 0.641. The van der Waals surface area contributed by atoms with Gasteiger partial charge >= 0.3 is 0 Å². The maximum absolute atomic E-state index is 4.16. The van der Waals surface area contributed by atoms with Gasteiger partial charge in [-0.15, -0.1) is 0 Å². The molecule has 0 N–H and O–H groups in total. The molecule has 1 rings (SSSR count). The van der Waals surface area contributed by atoms with Gasteiger partial charge in [0.25, 0.3) is 0 Å². The Morgan fingerprint density at radius 2 is 2.21 bits per heavy atom. The summed E-state index contributed by atoms with van der Waals surface area (Å²) in [5, 5.41) is 4.16. The van der Waals surface area contributed by atoms with Gasteiger partial charge in [-0.25, -0.2) is 0 Å². The molecule has 3 heteroatoms. The number of nitrogens with zero attached hydrogens (tertiary/aromatic N) is 2. The van der Waals surface area contributed by atoms with E-state index in [1.165, 1.54) is 18.4 Å². The lowest BCUT2D eigenvalue weighted by atomic mass is 10.0. The highest BCUT2D eigenvalue weighted by Gasteiger charge is 2.07. The molecule has 0 aromatic carbocycles. The van der Waals surface area contributed by atoms with Gasteiger partial charge in [0.05, 0.1) is 6.20 Å². The minimum absolute atomic E-state index is 0.641. The molecule has 0 saturated carbocycles. The second kappa shape index (κ2) is 5.54. The molecule has 80 valence electrons. The molecule has 1 atom stereocenters. The maximum Gasteiger partial charge on any atom is 0.0521 e. The van der Waals surface area contributed by atoms with Gasteiger partial charge in [0.1, 0.15) is 0 Å². The summed E-state index contributed by atoms with van der Waals surface area (Å²) < 4.78 is 1.86. The molecule has 0 amide bonds. The molecule has 2 nitrogen and oxygen atoms in total. The van der Waals surface area contributed by atoms with Crippen LogP contribution < -0.4 is 0 Å². The molecule has 1 unspecified atom stereocenters. The predicted molar refractivity (Wildman–Crippen MR) is 63.7 cm³/mol. The van der Waals surface area contributed by atoms with E-state index in [0.29, 0.717) is 4.83 Å². The fraction of sp³-hybridized carbons (Fsp3) is 0.727. The molecule has 0 aliphatic rings. The third kappa shape index (κ3) is 4.27. The second-order valence-electron chi connectivity index (χ2n) is 4.29. The van der Waals surface area contributed by atoms with Crippen molar-refractivity contribution in [1.29, 1.82) is 0 Å². The van der Waals surface area contributed by atoms with Crippen LogP contribution in [-0.4, -0.2) is 14.6 Å². The van der Waals surface area contributed by atoms with Gasteiger partial charge in [-0.2, -0.15) is 5.10 Å². The molecule has 0 bridgehead atoms. The zero-order valence-electron chi connectivity index (χ0n) is 9.20. The van der Waals surface area contributed by atoms with E-state index in [-0.39, 0.29) is 0 Å². The van der Waals surface area contributed by atoms with Crippen LogP contribution in [0.15, 0.2) is 12.4 Å². The lowest BCUT2D eigenvalue weighted by Crippen LogP contribution is -2.04. The van der Waals surface area contributed by atoms with Crippen LogP contribution in [0.25, 0.3) is 0 Å². The lowest BCUT2D eigenvalue weighted by Gasteiger charge is -2.10. The Balaban J connectivity index is 2.26. The molecule has 0 saturated heterocycles. The summed E-state index contributed by atoms with van der Waals surface area (Å²) in [6.45, 7) is 4.52. The molecule has 0 aliphatic carbocycles. The molecule has 14 heavy (non-hydrogen) atoms. The van der Waals surface area contributed by atoms with Crippen molar-refractivity contribution in [2.24, 2.45) is 13.0 Å². The van der Waals surface area contributed by atoms with Crippen LogP contribution in [0.5, 0.6) is 0 Å². The monoisotopic (exact) mass is 258 g/mol. The van der Waals surface area contributed by atoms with Crippen molar-refractivity contribution >= 4 is 15.9 Å². The van der Waals surface area contributed by atoms with E-state index >= 15 is 0 Å². The van der Waals surface area contributed by atoms with Crippen LogP contribution >= 0.6 is 15.9 Å². The van der Waals surface area contributed by atoms with Gasteiger partial charge < -0.3 is 0 Å². The molecule has 0 radical (unpaired) electrons. The average molecular weight is 259 g/mol. The summed E-state index contributed by atoms with van der Waals surface area (Å²) in [5.41, 5.74) is 1.33. The topological polar surface area (TPSA) is 17.8 Å². The highest BCUT2D eigenvalue weighted by Crippen LogP contribution is 2.18. The quantitative estimate of drug-likeness (QED) is 0.743. The maximum atomic E-state index is 4.16. The number of aromatic nitrogens is 2. The van der Waals surface area contributed by atoms with Gasteiger partial charge in [-0.05, 0) is 30.7 Å². The van der Waals surface area contributed by atoms with Crippen LogP contribution in [0.1, 0.15) is 32.3 Å². The third-order valence-electron chi connectivity index (χ3n) is 2.23. The molecule has 1 aromatic rings. The van der Waals surface area contributed by atoms with E-state index in [0.717, 1.165) is 12.3 Å². The van der Waals surface area contributed by atoms with Crippen molar-refractivity contribution in [3.63, 3.8) is 0 Å². The van der Waals surface area contributed by atoms with Crippen LogP contribution in [-0.2, 0) is 13.5 Å². The zero-order valence-corrected chi connectivity index (χ0v) is 10.8. The summed E-state index contributed by atoms with van der Waals surface area (Å²) in [5.74, 6) is 0.772. The number of alkyl halides is 1. The Bertz CT molecular complexity index is 268. The van der Waals surface area contributed by atoms with Crippen molar-refractivity contribution in [3.05, 3.63) is 18.0 Å². The van der Waals surface area contributed by atoms with Crippen molar-refractivity contribution < 1.29 is 0 Å². The standard InChI is InChI=1S/C11H19BrN2/c1-9(2)6-11(12)5-4-10-7-13-14(3)8-10/h7-9,11H,4-6H2,1-3H3. The van der Waals surface area contributed by atoms with Gasteiger partial charge in [0, 0.05) is 18.1 Å². The van der Waals surface area contributed by atoms with E-state index in [1.807, 2.05) is 17.9 Å². The number of aryl methyl sites for hydroxylation is 2. The number of hydrogen-bond acceptors (Lipinski definition) is 1. The second-order valence-corrected chi connectivity index (χ2v) is 5.58. The minimum Gasteiger partial charge on any atom is -0.276 e. The van der Waals surface area contributed by atoms with Crippen LogP contribution in [0.2, 0.25) is 0 Å². The summed E-state index contributed by atoms with van der Waals surface area (Å²) in [6, 6.07) is 0. The first-order chi connectivity index (χ1) is 6.58. The predicted octanol–water partition coefficient (Wildman–Crippen LogP) is 3.16.